The number of carbonyl (C=O) groups excluding carboxylic acids is 1. The fourth-order valence-electron chi connectivity index (χ4n) is 6.72. The summed E-state index contributed by atoms with van der Waals surface area (Å²) in [4.78, 5) is 38.0. The Kier molecular flexibility index (Phi) is 8.56. The van der Waals surface area contributed by atoms with Gasteiger partial charge in [-0.25, -0.2) is 14.8 Å². The second-order valence-corrected chi connectivity index (χ2v) is 13.2. The molecule has 44 heavy (non-hydrogen) atoms. The van der Waals surface area contributed by atoms with Crippen molar-refractivity contribution < 1.29 is 9.53 Å². The zero-order valence-electron chi connectivity index (χ0n) is 26.3. The van der Waals surface area contributed by atoms with Crippen LogP contribution in [0.5, 0.6) is 0 Å². The van der Waals surface area contributed by atoms with Crippen molar-refractivity contribution in [2.24, 2.45) is 0 Å². The fourth-order valence-corrected chi connectivity index (χ4v) is 6.72. The van der Waals surface area contributed by atoms with E-state index in [2.05, 4.69) is 49.7 Å². The molecule has 11 nitrogen and oxygen atoms in total. The Morgan fingerprint density at radius 2 is 1.75 bits per heavy atom. The first-order valence-electron chi connectivity index (χ1n) is 15.7. The molecule has 3 fully saturated rings. The molecule has 1 aromatic carbocycles. The minimum Gasteiger partial charge on any atom is -0.444 e. The molecule has 0 unspecified atom stereocenters. The lowest BCUT2D eigenvalue weighted by molar-refractivity contribution is 0.0240. The van der Waals surface area contributed by atoms with Crippen molar-refractivity contribution in [1.82, 2.24) is 29.7 Å². The highest BCUT2D eigenvalue weighted by Crippen LogP contribution is 2.32. The molecule has 6 rings (SSSR count). The Morgan fingerprint density at radius 3 is 2.48 bits per heavy atom. The second-order valence-electron chi connectivity index (χ2n) is 13.2. The summed E-state index contributed by atoms with van der Waals surface area (Å²) in [5.74, 6) is 0.840. The third-order valence-electron chi connectivity index (χ3n) is 8.96. The predicted molar refractivity (Wildman–Crippen MR) is 171 cm³/mol. The number of fused-ring (bicyclic) bond motifs is 2. The first-order valence-corrected chi connectivity index (χ1v) is 15.7. The van der Waals surface area contributed by atoms with Crippen molar-refractivity contribution in [3.8, 4) is 6.07 Å². The summed E-state index contributed by atoms with van der Waals surface area (Å²) in [6.45, 7) is 16.4. The summed E-state index contributed by atoms with van der Waals surface area (Å²) < 4.78 is 5.52. The Hall–Kier alpha value is -4.01. The predicted octanol–water partition coefficient (Wildman–Crippen LogP) is 3.74. The number of nitrogens with zero attached hydrogens (tertiary/aromatic N) is 9. The van der Waals surface area contributed by atoms with Crippen molar-refractivity contribution >= 4 is 28.4 Å². The summed E-state index contributed by atoms with van der Waals surface area (Å²) in [5.41, 5.74) is 3.07. The van der Waals surface area contributed by atoms with Gasteiger partial charge in [-0.3, -0.25) is 14.8 Å². The maximum atomic E-state index is 12.4. The number of carbonyl (C=O) groups is 1. The Morgan fingerprint density at radius 1 is 0.977 bits per heavy atom. The van der Waals surface area contributed by atoms with E-state index >= 15 is 0 Å². The molecule has 232 valence electrons. The number of rotatable bonds is 4. The van der Waals surface area contributed by atoms with Crippen LogP contribution < -0.4 is 9.80 Å². The highest BCUT2D eigenvalue weighted by Gasteiger charge is 2.35. The molecule has 0 radical (unpaired) electrons. The standard InChI is InChI=1S/C33H43N9O2/c1-24-21-41(29-8-7-25(18-34)31-28(29)6-5-10-35-31)22-26-9-11-38(12-17-42(24)26)23-30-36-19-27(20-37-30)39-13-15-40(16-14-39)32(43)44-33(2,3)4/h5-8,10,19-20,24,26H,9,11-17,21-23H2,1-4H3/t24-,26+/m1/s1. The van der Waals surface area contributed by atoms with Crippen molar-refractivity contribution in [2.75, 3.05) is 68.7 Å². The zero-order chi connectivity index (χ0) is 30.8. The van der Waals surface area contributed by atoms with Crippen molar-refractivity contribution in [1.29, 1.82) is 5.26 Å². The highest BCUT2D eigenvalue weighted by atomic mass is 16.6. The van der Waals surface area contributed by atoms with Gasteiger partial charge in [0.1, 0.15) is 17.5 Å². The third-order valence-corrected chi connectivity index (χ3v) is 8.96. The van der Waals surface area contributed by atoms with E-state index in [1.54, 1.807) is 11.1 Å². The number of amides is 1. The first kappa shape index (κ1) is 30.0. The van der Waals surface area contributed by atoms with Crippen molar-refractivity contribution in [3.05, 3.63) is 54.2 Å². The molecule has 2 aromatic heterocycles. The largest absolute Gasteiger partial charge is 0.444 e. The van der Waals surface area contributed by atoms with Gasteiger partial charge in [-0.1, -0.05) is 0 Å². The molecule has 0 spiro atoms. The van der Waals surface area contributed by atoms with Gasteiger partial charge >= 0.3 is 6.09 Å². The molecule has 3 aliphatic heterocycles. The van der Waals surface area contributed by atoms with E-state index in [-0.39, 0.29) is 6.09 Å². The summed E-state index contributed by atoms with van der Waals surface area (Å²) in [6, 6.07) is 11.2. The zero-order valence-corrected chi connectivity index (χ0v) is 26.3. The Balaban J connectivity index is 1.04. The van der Waals surface area contributed by atoms with E-state index in [0.29, 0.717) is 30.7 Å². The van der Waals surface area contributed by atoms with E-state index in [0.717, 1.165) is 81.2 Å². The van der Waals surface area contributed by atoms with Crippen LogP contribution in [0.2, 0.25) is 0 Å². The van der Waals surface area contributed by atoms with Crippen LogP contribution in [-0.2, 0) is 11.3 Å². The number of benzene rings is 1. The quantitative estimate of drug-likeness (QED) is 0.442. The summed E-state index contributed by atoms with van der Waals surface area (Å²) >= 11 is 0. The smallest absolute Gasteiger partial charge is 0.410 e. The van der Waals surface area contributed by atoms with E-state index in [1.165, 1.54) is 5.69 Å². The monoisotopic (exact) mass is 597 g/mol. The molecule has 0 N–H and O–H groups in total. The molecule has 3 aromatic rings. The SMILES string of the molecule is C[C@@H]1CN(c2ccc(C#N)c3ncccc23)C[C@@H]2CCN(Cc3ncc(N4CCN(C(=O)OC(C)(C)C)CC4)cn3)CCN21. The minimum atomic E-state index is -0.487. The number of hydrogen-bond acceptors (Lipinski definition) is 10. The van der Waals surface area contributed by atoms with E-state index in [4.69, 9.17) is 14.7 Å². The first-order chi connectivity index (χ1) is 21.2. The fraction of sp³-hybridized carbons (Fsp3) is 0.545. The summed E-state index contributed by atoms with van der Waals surface area (Å²) in [6.07, 6.45) is 6.43. The molecule has 3 aliphatic rings. The molecule has 5 heterocycles. The van der Waals surface area contributed by atoms with E-state index in [1.807, 2.05) is 45.3 Å². The van der Waals surface area contributed by atoms with Crippen LogP contribution in [0.3, 0.4) is 0 Å². The van der Waals surface area contributed by atoms with Gasteiger partial charge in [0, 0.05) is 88.3 Å². The van der Waals surface area contributed by atoms with Crippen LogP contribution in [0.1, 0.15) is 45.5 Å². The van der Waals surface area contributed by atoms with Gasteiger partial charge in [0.15, 0.2) is 0 Å². The summed E-state index contributed by atoms with van der Waals surface area (Å²) in [5, 5.41) is 10.6. The highest BCUT2D eigenvalue weighted by molar-refractivity contribution is 5.95. The average Bonchev–Trinajstić information content (AvgIpc) is 3.22. The third kappa shape index (κ3) is 6.56. The number of aromatic nitrogens is 3. The molecule has 1 amide bonds. The van der Waals surface area contributed by atoms with Gasteiger partial charge in [-0.05, 0) is 58.4 Å². The van der Waals surface area contributed by atoms with Crippen LogP contribution in [0.15, 0.2) is 42.9 Å². The Bertz CT molecular complexity index is 1510. The van der Waals surface area contributed by atoms with Crippen LogP contribution in [0.25, 0.3) is 10.9 Å². The molecule has 11 heteroatoms. The average molecular weight is 598 g/mol. The maximum Gasteiger partial charge on any atom is 0.410 e. The molecule has 0 bridgehead atoms. The van der Waals surface area contributed by atoms with Gasteiger partial charge in [0.05, 0.1) is 35.7 Å². The van der Waals surface area contributed by atoms with Gasteiger partial charge in [0.25, 0.3) is 0 Å². The van der Waals surface area contributed by atoms with Gasteiger partial charge in [-0.15, -0.1) is 0 Å². The van der Waals surface area contributed by atoms with Crippen LogP contribution in [-0.4, -0.2) is 112 Å². The molecular formula is C33H43N9O2. The van der Waals surface area contributed by atoms with Crippen LogP contribution in [0, 0.1) is 11.3 Å². The van der Waals surface area contributed by atoms with E-state index in [9.17, 15) is 10.1 Å². The topological polar surface area (TPSA) is 105 Å². The van der Waals surface area contributed by atoms with Crippen LogP contribution >= 0.6 is 0 Å². The van der Waals surface area contributed by atoms with E-state index < -0.39 is 5.60 Å². The molecule has 3 saturated heterocycles. The maximum absolute atomic E-state index is 12.4. The van der Waals surface area contributed by atoms with Crippen LogP contribution in [0.4, 0.5) is 16.2 Å². The number of hydrogen-bond donors (Lipinski definition) is 0. The van der Waals surface area contributed by atoms with Crippen molar-refractivity contribution in [2.45, 2.75) is 58.3 Å². The normalized spacial score (nSPS) is 21.9. The minimum absolute atomic E-state index is 0.250. The number of piperazine rings is 2. The van der Waals surface area contributed by atoms with Gasteiger partial charge < -0.3 is 19.4 Å². The second kappa shape index (κ2) is 12.5. The number of ether oxygens (including phenoxy) is 1. The van der Waals surface area contributed by atoms with Crippen molar-refractivity contribution in [3.63, 3.8) is 0 Å². The molecular weight excluding hydrogens is 554 g/mol. The number of nitriles is 1. The Labute approximate surface area is 260 Å². The number of pyridine rings is 1. The molecule has 0 aliphatic carbocycles. The lowest BCUT2D eigenvalue weighted by Gasteiger charge is -2.46. The van der Waals surface area contributed by atoms with Gasteiger partial charge in [-0.2, -0.15) is 5.26 Å². The molecule has 0 saturated carbocycles. The molecule has 2 atom stereocenters. The summed E-state index contributed by atoms with van der Waals surface area (Å²) in [7, 11) is 0. The number of anilines is 2. The van der Waals surface area contributed by atoms with Gasteiger partial charge in [0.2, 0.25) is 0 Å². The lowest BCUT2D eigenvalue weighted by atomic mass is 10.0. The lowest BCUT2D eigenvalue weighted by Crippen LogP contribution is -2.58.